The highest BCUT2D eigenvalue weighted by molar-refractivity contribution is 7.14. The summed E-state index contributed by atoms with van der Waals surface area (Å²) >= 11 is 13.5. The van der Waals surface area contributed by atoms with Crippen molar-refractivity contribution in [2.45, 2.75) is 12.1 Å². The Kier molecular flexibility index (Phi) is 8.45. The number of anilines is 1. The first kappa shape index (κ1) is 27.4. The summed E-state index contributed by atoms with van der Waals surface area (Å²) in [5.74, 6) is -1.27. The lowest BCUT2D eigenvalue weighted by molar-refractivity contribution is -0.129. The third kappa shape index (κ3) is 5.87. The molecule has 1 heterocycles. The minimum absolute atomic E-state index is 0.0510. The molecule has 6 nitrogen and oxygen atoms in total. The van der Waals surface area contributed by atoms with Crippen molar-refractivity contribution in [1.82, 2.24) is 4.98 Å². The van der Waals surface area contributed by atoms with Gasteiger partial charge >= 0.3 is 5.97 Å². The molecule has 0 aliphatic carbocycles. The van der Waals surface area contributed by atoms with Crippen LogP contribution in [0.25, 0.3) is 0 Å². The van der Waals surface area contributed by atoms with E-state index in [1.54, 1.807) is 23.6 Å². The Balaban J connectivity index is 1.52. The zero-order chi connectivity index (χ0) is 28.0. The first-order valence-electron chi connectivity index (χ1n) is 12.2. The predicted molar refractivity (Wildman–Crippen MR) is 160 cm³/mol. The van der Waals surface area contributed by atoms with E-state index in [4.69, 9.17) is 28.0 Å². The van der Waals surface area contributed by atoms with E-state index in [9.17, 15) is 9.90 Å². The number of rotatable bonds is 10. The van der Waals surface area contributed by atoms with Gasteiger partial charge in [-0.15, -0.1) is 11.3 Å². The molecule has 0 amide bonds. The lowest BCUT2D eigenvalue weighted by Gasteiger charge is -2.36. The molecule has 200 valence electrons. The van der Waals surface area contributed by atoms with Gasteiger partial charge in [0.1, 0.15) is 17.8 Å². The number of oxime groups is 1. The Labute approximate surface area is 245 Å². The van der Waals surface area contributed by atoms with Crippen molar-refractivity contribution in [3.05, 3.63) is 153 Å². The van der Waals surface area contributed by atoms with Gasteiger partial charge in [-0.1, -0.05) is 119 Å². The number of carboxylic acid groups (broad SMARTS) is 1. The fourth-order valence-electron chi connectivity index (χ4n) is 4.40. The van der Waals surface area contributed by atoms with E-state index >= 15 is 0 Å². The van der Waals surface area contributed by atoms with Gasteiger partial charge in [-0.05, 0) is 34.9 Å². The lowest BCUT2D eigenvalue weighted by Crippen LogP contribution is -2.38. The molecule has 0 spiro atoms. The topological polar surface area (TPSA) is 83.8 Å². The molecule has 2 N–H and O–H groups in total. The van der Waals surface area contributed by atoms with Crippen LogP contribution in [0, 0.1) is 0 Å². The second kappa shape index (κ2) is 12.3. The highest BCUT2D eigenvalue weighted by Gasteiger charge is 2.37. The summed E-state index contributed by atoms with van der Waals surface area (Å²) in [5, 5.41) is 20.5. The average molecular weight is 589 g/mol. The van der Waals surface area contributed by atoms with Gasteiger partial charge in [0, 0.05) is 21.0 Å². The summed E-state index contributed by atoms with van der Waals surface area (Å²) in [6.07, 6.45) is 0. The summed E-state index contributed by atoms with van der Waals surface area (Å²) in [6.45, 7) is -0.0510. The maximum atomic E-state index is 12.1. The highest BCUT2D eigenvalue weighted by Crippen LogP contribution is 2.40. The van der Waals surface area contributed by atoms with E-state index in [-0.39, 0.29) is 18.0 Å². The molecule has 4 aromatic carbocycles. The molecule has 5 aromatic rings. The molecule has 0 bridgehead atoms. The van der Waals surface area contributed by atoms with E-state index in [0.717, 1.165) is 16.7 Å². The van der Waals surface area contributed by atoms with Gasteiger partial charge in [0.15, 0.2) is 5.13 Å². The van der Waals surface area contributed by atoms with Crippen molar-refractivity contribution in [3.63, 3.8) is 0 Å². The van der Waals surface area contributed by atoms with Crippen molar-refractivity contribution in [1.29, 1.82) is 0 Å². The van der Waals surface area contributed by atoms with Gasteiger partial charge in [-0.3, -0.25) is 0 Å². The van der Waals surface area contributed by atoms with Gasteiger partial charge in [0.05, 0.1) is 0 Å². The number of nitrogens with one attached hydrogen (secondary N) is 1. The Morgan fingerprint density at radius 2 is 1.43 bits per heavy atom. The van der Waals surface area contributed by atoms with E-state index in [0.29, 0.717) is 20.7 Å². The van der Waals surface area contributed by atoms with Crippen LogP contribution in [0.1, 0.15) is 27.9 Å². The third-order valence-corrected chi connectivity index (χ3v) is 7.61. The number of halogens is 2. The van der Waals surface area contributed by atoms with E-state index in [1.165, 1.54) is 11.3 Å². The predicted octanol–water partition coefficient (Wildman–Crippen LogP) is 7.86. The van der Waals surface area contributed by atoms with Crippen LogP contribution in [0.15, 0.2) is 120 Å². The van der Waals surface area contributed by atoms with Crippen molar-refractivity contribution in [2.75, 3.05) is 5.32 Å². The van der Waals surface area contributed by atoms with E-state index in [2.05, 4.69) is 51.9 Å². The van der Waals surface area contributed by atoms with Crippen molar-refractivity contribution >= 4 is 51.4 Å². The zero-order valence-corrected chi connectivity index (χ0v) is 23.3. The summed E-state index contributed by atoms with van der Waals surface area (Å²) < 4.78 is 0. The molecule has 9 heteroatoms. The zero-order valence-electron chi connectivity index (χ0n) is 21.0. The first-order chi connectivity index (χ1) is 19.5. The number of thiazole rings is 1. The van der Waals surface area contributed by atoms with Gasteiger partial charge in [0.25, 0.3) is 0 Å². The molecule has 0 saturated carbocycles. The lowest BCUT2D eigenvalue weighted by atomic mass is 9.77. The fraction of sp³-hybridized carbons (Fsp3) is 0.0645. The maximum Gasteiger partial charge on any atom is 0.360 e. The van der Waals surface area contributed by atoms with Gasteiger partial charge in [-0.2, -0.15) is 0 Å². The van der Waals surface area contributed by atoms with Gasteiger partial charge < -0.3 is 15.3 Å². The Morgan fingerprint density at radius 3 is 1.95 bits per heavy atom. The highest BCUT2D eigenvalue weighted by atomic mass is 35.5. The average Bonchev–Trinajstić information content (AvgIpc) is 3.44. The molecule has 0 aliphatic heterocycles. The van der Waals surface area contributed by atoms with Crippen LogP contribution in [-0.4, -0.2) is 21.8 Å². The van der Waals surface area contributed by atoms with Crippen molar-refractivity contribution in [3.8, 4) is 0 Å². The Bertz CT molecular complexity index is 1530. The quantitative estimate of drug-likeness (QED) is 0.0986. The number of hydrogen-bond acceptors (Lipinski definition) is 6. The maximum absolute atomic E-state index is 12.1. The van der Waals surface area contributed by atoms with Crippen LogP contribution in [0.5, 0.6) is 0 Å². The Morgan fingerprint density at radius 1 is 0.875 bits per heavy atom. The standard InChI is InChI=1S/C31H23Cl2N3O3S/c32-25-16-17-26(33)21(18-25)19-39-36-28(29(37)38)27-20-40-30(34-27)35-31(22-10-4-1-5-11-22,23-12-6-2-7-13-23)24-14-8-3-9-15-24/h1-18,20H,19H2,(H,34,35)(H,37,38). The molecule has 5 rings (SSSR count). The van der Waals surface area contributed by atoms with Gasteiger partial charge in [-0.25, -0.2) is 9.78 Å². The minimum Gasteiger partial charge on any atom is -0.476 e. The number of carbonyl (C=O) groups is 1. The van der Waals surface area contributed by atoms with Crippen LogP contribution >= 0.6 is 34.5 Å². The second-order valence-electron chi connectivity index (χ2n) is 8.77. The van der Waals surface area contributed by atoms with Crippen LogP contribution in [-0.2, 0) is 21.8 Å². The fourth-order valence-corrected chi connectivity index (χ4v) is 5.51. The molecular formula is C31H23Cl2N3O3S. The molecule has 0 radical (unpaired) electrons. The number of carboxylic acids is 1. The number of aromatic nitrogens is 1. The number of nitrogens with zero attached hydrogens (tertiary/aromatic N) is 2. The van der Waals surface area contributed by atoms with E-state index < -0.39 is 11.5 Å². The SMILES string of the molecule is O=C(O)C(=NOCc1cc(Cl)ccc1Cl)c1csc(NC(c2ccccc2)(c2ccccc2)c2ccccc2)n1. The first-order valence-corrected chi connectivity index (χ1v) is 13.9. The normalized spacial score (nSPS) is 11.7. The van der Waals surface area contributed by atoms with Crippen molar-refractivity contribution < 1.29 is 14.7 Å². The summed E-state index contributed by atoms with van der Waals surface area (Å²) in [5.41, 5.74) is 2.61. The van der Waals surface area contributed by atoms with Gasteiger partial charge in [0.2, 0.25) is 5.71 Å². The molecule has 40 heavy (non-hydrogen) atoms. The molecule has 0 atom stereocenters. The number of hydrogen-bond donors (Lipinski definition) is 2. The van der Waals surface area contributed by atoms with E-state index in [1.807, 2.05) is 54.6 Å². The largest absolute Gasteiger partial charge is 0.476 e. The van der Waals surface area contributed by atoms with Crippen LogP contribution in [0.3, 0.4) is 0 Å². The molecule has 0 saturated heterocycles. The number of aliphatic carboxylic acids is 1. The third-order valence-electron chi connectivity index (χ3n) is 6.25. The monoisotopic (exact) mass is 587 g/mol. The summed E-state index contributed by atoms with van der Waals surface area (Å²) in [6, 6.07) is 35.1. The molecule has 0 fully saturated rings. The second-order valence-corrected chi connectivity index (χ2v) is 10.5. The molecule has 0 unspecified atom stereocenters. The van der Waals surface area contributed by atoms with Crippen LogP contribution < -0.4 is 5.32 Å². The number of benzene rings is 4. The van der Waals surface area contributed by atoms with Crippen LogP contribution in [0.2, 0.25) is 10.0 Å². The summed E-state index contributed by atoms with van der Waals surface area (Å²) in [7, 11) is 0. The molecule has 1 aromatic heterocycles. The molecular weight excluding hydrogens is 565 g/mol. The minimum atomic E-state index is -1.27. The Hall–Kier alpha value is -4.17. The molecule has 0 aliphatic rings. The summed E-state index contributed by atoms with van der Waals surface area (Å²) in [4.78, 5) is 22.1. The van der Waals surface area contributed by atoms with Crippen LogP contribution in [0.4, 0.5) is 5.13 Å². The van der Waals surface area contributed by atoms with Crippen molar-refractivity contribution in [2.24, 2.45) is 5.16 Å². The smallest absolute Gasteiger partial charge is 0.360 e.